The molecule has 3 amide bonds. The lowest BCUT2D eigenvalue weighted by Gasteiger charge is -2.41. The van der Waals surface area contributed by atoms with Gasteiger partial charge in [0.05, 0.1) is 40.0 Å². The minimum atomic E-state index is 0.0791. The van der Waals surface area contributed by atoms with Crippen molar-refractivity contribution in [1.29, 1.82) is 0 Å². The third kappa shape index (κ3) is 32.1. The highest BCUT2D eigenvalue weighted by Gasteiger charge is 2.34. The van der Waals surface area contributed by atoms with Crippen LogP contribution in [0.1, 0.15) is 128 Å². The third-order valence-corrected chi connectivity index (χ3v) is 18.6. The minimum absolute atomic E-state index is 0.0791. The third-order valence-electron chi connectivity index (χ3n) is 18.6. The van der Waals surface area contributed by atoms with Gasteiger partial charge in [-0.2, -0.15) is 0 Å². The first-order chi connectivity index (χ1) is 39.5. The zero-order valence-electron chi connectivity index (χ0n) is 56.2. The number of nitrogens with zero attached hydrogens (tertiary/aromatic N) is 9. The highest BCUT2D eigenvalue weighted by molar-refractivity contribution is 5.80. The monoisotopic (exact) mass is 1170 g/mol. The normalized spacial score (nSPS) is 28.1. The topological polar surface area (TPSA) is 150 Å². The molecule has 5 aliphatic carbocycles. The number of carbonyl (C=O) groups is 3. The molecule has 0 aromatic heterocycles. The van der Waals surface area contributed by atoms with Crippen molar-refractivity contribution in [2.45, 2.75) is 159 Å². The second-order valence-corrected chi connectivity index (χ2v) is 27.5. The van der Waals surface area contributed by atoms with E-state index in [1.807, 2.05) is 30.9 Å². The Kier molecular flexibility index (Phi) is 37.0. The average molecular weight is 1170 g/mol. The van der Waals surface area contributed by atoms with E-state index in [1.54, 1.807) is 14.2 Å². The molecular weight excluding hydrogens is 1040 g/mol. The predicted octanol–water partition coefficient (Wildman–Crippen LogP) is 5.45. The van der Waals surface area contributed by atoms with E-state index >= 15 is 0 Å². The van der Waals surface area contributed by atoms with Gasteiger partial charge in [-0.3, -0.25) is 24.2 Å². The summed E-state index contributed by atoms with van der Waals surface area (Å²) in [6.45, 7) is 20.1. The zero-order valence-corrected chi connectivity index (χ0v) is 56.2. The molecule has 2 saturated heterocycles. The Morgan fingerprint density at radius 1 is 0.458 bits per heavy atom. The quantitative estimate of drug-likeness (QED) is 0.0826. The van der Waals surface area contributed by atoms with Gasteiger partial charge in [-0.15, -0.1) is 0 Å². The van der Waals surface area contributed by atoms with Crippen molar-refractivity contribution in [1.82, 2.24) is 70.7 Å². The Labute approximate surface area is 509 Å². The van der Waals surface area contributed by atoms with E-state index in [0.717, 1.165) is 73.9 Å². The first-order valence-electron chi connectivity index (χ1n) is 32.6. The molecule has 0 bridgehead atoms. The van der Waals surface area contributed by atoms with Crippen LogP contribution < -0.4 is 26.6 Å². The van der Waals surface area contributed by atoms with Crippen LogP contribution in [-0.2, 0) is 19.1 Å². The molecule has 0 radical (unpaired) electrons. The molecular formula is C65H130N14O4. The standard InChI is InChI=1S/C14H27N3O.C13H25N3O.C13H27N3.C13H26N2O.C12H25N3O/c1-15(2)10-12-4-6-13(7-5-12)17-9-8-16(3)14(18)11-17;1-14(2)8-11-4-6-12(7-5-11)16-9-13(17)15(3)10-16;1-11(14-2)9-15-13-7-5-12(6-8-13)10-16(3)4;1-11(16-4)9-14-13-7-5-12(6-8-13)10-15(2)3;1-13-12(16)8-14-11-6-4-10(5-7-11)9-15(2)3/h12-13H,4-11H2,1-3H3;11-12H,4-10H2,1-3H3;12-15H,1,5-10H2,2-4H3;12-14H,1,5-10H2,2-4H3;10-11,14H,4-9H2,1-3H3,(H,13,16). The molecule has 5 N–H and O–H groups in total. The molecule has 0 atom stereocenters. The van der Waals surface area contributed by atoms with Crippen LogP contribution in [0, 0.1) is 29.6 Å². The highest BCUT2D eigenvalue weighted by Crippen LogP contribution is 2.31. The van der Waals surface area contributed by atoms with Crippen LogP contribution in [0.15, 0.2) is 24.6 Å². The number of hydrogen-bond donors (Lipinski definition) is 5. The smallest absolute Gasteiger partial charge is 0.237 e. The minimum Gasteiger partial charge on any atom is -0.500 e. The summed E-state index contributed by atoms with van der Waals surface area (Å²) >= 11 is 0. The summed E-state index contributed by atoms with van der Waals surface area (Å²) in [7, 11) is 30.6. The second kappa shape index (κ2) is 41.3. The van der Waals surface area contributed by atoms with Crippen molar-refractivity contribution in [3.8, 4) is 0 Å². The van der Waals surface area contributed by atoms with Crippen LogP contribution in [0.4, 0.5) is 0 Å². The molecule has 0 aromatic rings. The van der Waals surface area contributed by atoms with E-state index in [2.05, 4.69) is 145 Å². The number of methoxy groups -OCH3 is 1. The van der Waals surface area contributed by atoms with Crippen molar-refractivity contribution in [2.24, 2.45) is 29.6 Å². The highest BCUT2D eigenvalue weighted by atomic mass is 16.5. The van der Waals surface area contributed by atoms with Crippen LogP contribution in [-0.4, -0.2) is 283 Å². The van der Waals surface area contributed by atoms with Crippen molar-refractivity contribution in [3.05, 3.63) is 24.6 Å². The van der Waals surface area contributed by atoms with Gasteiger partial charge in [-0.1, -0.05) is 13.2 Å². The number of hydrogen-bond acceptors (Lipinski definition) is 15. The molecule has 18 nitrogen and oxygen atoms in total. The van der Waals surface area contributed by atoms with E-state index in [9.17, 15) is 14.4 Å². The fourth-order valence-electron chi connectivity index (χ4n) is 13.7. The van der Waals surface area contributed by atoms with Gasteiger partial charge in [-0.05, 0) is 228 Å². The van der Waals surface area contributed by atoms with E-state index in [1.165, 1.54) is 161 Å². The summed E-state index contributed by atoms with van der Waals surface area (Å²) in [5, 5.41) is 16.1. The molecule has 0 aromatic carbocycles. The lowest BCUT2D eigenvalue weighted by atomic mass is 9.85. The molecule has 7 rings (SSSR count). The molecule has 18 heteroatoms. The molecule has 484 valence electrons. The summed E-state index contributed by atoms with van der Waals surface area (Å²) in [5.41, 5.74) is 1.08. The molecule has 2 aliphatic heterocycles. The lowest BCUT2D eigenvalue weighted by Crippen LogP contribution is -2.53. The fraction of sp³-hybridized carbons (Fsp3) is 0.892. The number of ether oxygens (including phenoxy) is 1. The summed E-state index contributed by atoms with van der Waals surface area (Å²) in [5.74, 6) is 5.83. The Hall–Kier alpha value is -2.91. The van der Waals surface area contributed by atoms with Gasteiger partial charge in [-0.25, -0.2) is 0 Å². The number of carbonyl (C=O) groups excluding carboxylic acids is 3. The van der Waals surface area contributed by atoms with Crippen LogP contribution >= 0.6 is 0 Å². The predicted molar refractivity (Wildman–Crippen MR) is 347 cm³/mol. The van der Waals surface area contributed by atoms with Gasteiger partial charge in [0.1, 0.15) is 5.76 Å². The summed E-state index contributed by atoms with van der Waals surface area (Å²) in [6.07, 6.45) is 25.9. The van der Waals surface area contributed by atoms with Crippen LogP contribution in [0.5, 0.6) is 0 Å². The number of likely N-dealkylation sites (N-methyl/N-ethyl adjacent to an activating group) is 4. The van der Waals surface area contributed by atoms with E-state index < -0.39 is 0 Å². The van der Waals surface area contributed by atoms with Crippen LogP contribution in [0.2, 0.25) is 0 Å². The Bertz CT molecular complexity index is 1660. The number of amides is 3. The Balaban J connectivity index is 0.000000272. The Morgan fingerprint density at radius 2 is 0.783 bits per heavy atom. The van der Waals surface area contributed by atoms with Crippen molar-refractivity contribution in [2.75, 3.05) is 191 Å². The maximum Gasteiger partial charge on any atom is 0.237 e. The van der Waals surface area contributed by atoms with E-state index in [4.69, 9.17) is 4.74 Å². The van der Waals surface area contributed by atoms with Crippen molar-refractivity contribution < 1.29 is 19.1 Å². The fourth-order valence-corrected chi connectivity index (χ4v) is 13.7. The first kappa shape index (κ1) is 74.3. The van der Waals surface area contributed by atoms with Gasteiger partial charge in [0, 0.05) is 116 Å². The summed E-state index contributed by atoms with van der Waals surface area (Å²) in [6, 6.07) is 3.19. The number of piperazine rings is 1. The molecule has 7 aliphatic rings. The van der Waals surface area contributed by atoms with Gasteiger partial charge >= 0.3 is 0 Å². The summed E-state index contributed by atoms with van der Waals surface area (Å²) in [4.78, 5) is 54.3. The number of rotatable bonds is 23. The molecule has 0 unspecified atom stereocenters. The maximum absolute atomic E-state index is 11.7. The first-order valence-corrected chi connectivity index (χ1v) is 32.6. The van der Waals surface area contributed by atoms with Crippen LogP contribution in [0.25, 0.3) is 0 Å². The van der Waals surface area contributed by atoms with Gasteiger partial charge < -0.3 is 65.6 Å². The van der Waals surface area contributed by atoms with Crippen LogP contribution in [0.3, 0.4) is 0 Å². The van der Waals surface area contributed by atoms with E-state index in [-0.39, 0.29) is 17.7 Å². The average Bonchev–Trinajstić information content (AvgIpc) is 4.03. The maximum atomic E-state index is 11.7. The second-order valence-electron chi connectivity index (χ2n) is 27.5. The Morgan fingerprint density at radius 3 is 1.10 bits per heavy atom. The summed E-state index contributed by atoms with van der Waals surface area (Å²) < 4.78 is 5.05. The lowest BCUT2D eigenvalue weighted by molar-refractivity contribution is -0.135. The number of nitrogens with one attached hydrogen (secondary N) is 5. The van der Waals surface area contributed by atoms with Crippen molar-refractivity contribution in [3.63, 3.8) is 0 Å². The molecule has 5 saturated carbocycles. The van der Waals surface area contributed by atoms with Gasteiger partial charge in [0.25, 0.3) is 0 Å². The molecule has 83 heavy (non-hydrogen) atoms. The van der Waals surface area contributed by atoms with E-state index in [0.29, 0.717) is 49.8 Å². The van der Waals surface area contributed by atoms with Crippen molar-refractivity contribution >= 4 is 17.7 Å². The largest absolute Gasteiger partial charge is 0.500 e. The van der Waals surface area contributed by atoms with Gasteiger partial charge in [0.15, 0.2) is 0 Å². The van der Waals surface area contributed by atoms with Gasteiger partial charge in [0.2, 0.25) is 17.7 Å². The molecule has 2 heterocycles. The molecule has 0 spiro atoms. The zero-order chi connectivity index (χ0) is 61.4. The SMILES string of the molecule is C=C(CNC1CCC(CN(C)C)CC1)NC.C=C(CNC1CCC(CN(C)C)CC1)OC.CN(C)CC1CCC(N2CC(=O)N(C)C2)CC1.CN(C)CC1CCC(N2CCN(C)C(=O)C2)CC1.CNC(=O)CNC1CCC(CN(C)C)CC1. The molecule has 7 fully saturated rings.